The molecular formula is C78H152O17P2. The number of ether oxygens (including phenoxy) is 4. The van der Waals surface area contributed by atoms with Crippen LogP contribution in [0.4, 0.5) is 0 Å². The number of aliphatic hydroxyl groups is 1. The first-order valence-electron chi connectivity index (χ1n) is 40.3. The molecule has 0 radical (unpaired) electrons. The third kappa shape index (κ3) is 72.2. The third-order valence-electron chi connectivity index (χ3n) is 18.1. The molecule has 0 fully saturated rings. The van der Waals surface area contributed by atoms with Crippen molar-refractivity contribution in [1.29, 1.82) is 0 Å². The number of carbonyl (C=O) groups is 4. The molecule has 0 amide bonds. The average molecular weight is 1420 g/mol. The highest BCUT2D eigenvalue weighted by molar-refractivity contribution is 7.47. The van der Waals surface area contributed by atoms with Gasteiger partial charge in [0.2, 0.25) is 0 Å². The van der Waals surface area contributed by atoms with Crippen molar-refractivity contribution in [3.05, 3.63) is 0 Å². The van der Waals surface area contributed by atoms with E-state index in [9.17, 15) is 43.2 Å². The lowest BCUT2D eigenvalue weighted by molar-refractivity contribution is -0.161. The lowest BCUT2D eigenvalue weighted by Crippen LogP contribution is -2.30. The van der Waals surface area contributed by atoms with E-state index >= 15 is 0 Å². The van der Waals surface area contributed by atoms with Crippen molar-refractivity contribution in [3.63, 3.8) is 0 Å². The number of esters is 4. The smallest absolute Gasteiger partial charge is 0.462 e. The van der Waals surface area contributed by atoms with Gasteiger partial charge in [-0.25, -0.2) is 9.13 Å². The Bertz CT molecular complexity index is 1890. The highest BCUT2D eigenvalue weighted by atomic mass is 31.2. The number of hydrogen-bond donors (Lipinski definition) is 3. The van der Waals surface area contributed by atoms with E-state index in [0.29, 0.717) is 31.6 Å². The summed E-state index contributed by atoms with van der Waals surface area (Å²) in [6.07, 6.45) is 55.7. The highest BCUT2D eigenvalue weighted by Crippen LogP contribution is 2.45. The predicted octanol–water partition coefficient (Wildman–Crippen LogP) is 23.0. The van der Waals surface area contributed by atoms with Gasteiger partial charge in [0, 0.05) is 25.7 Å². The first-order chi connectivity index (χ1) is 46.7. The van der Waals surface area contributed by atoms with Crippen LogP contribution in [0.3, 0.4) is 0 Å². The zero-order valence-electron chi connectivity index (χ0n) is 63.5. The van der Waals surface area contributed by atoms with Crippen LogP contribution in [-0.2, 0) is 65.4 Å². The maximum atomic E-state index is 13.1. The molecule has 0 saturated heterocycles. The molecule has 0 aromatic carbocycles. The van der Waals surface area contributed by atoms with Crippen molar-refractivity contribution in [2.45, 2.75) is 420 Å². The fraction of sp³-hybridized carbons (Fsp3) is 0.949. The van der Waals surface area contributed by atoms with E-state index in [0.717, 1.165) is 108 Å². The molecule has 19 heteroatoms. The quantitative estimate of drug-likeness (QED) is 0.0222. The van der Waals surface area contributed by atoms with Crippen molar-refractivity contribution >= 4 is 39.5 Å². The van der Waals surface area contributed by atoms with E-state index in [2.05, 4.69) is 48.5 Å². The Kier molecular flexibility index (Phi) is 67.1. The number of rotatable bonds is 76. The Morgan fingerprint density at radius 3 is 0.701 bits per heavy atom. The summed E-state index contributed by atoms with van der Waals surface area (Å²) >= 11 is 0. The molecule has 0 saturated carbocycles. The van der Waals surface area contributed by atoms with Gasteiger partial charge >= 0.3 is 39.5 Å². The first kappa shape index (κ1) is 95.1. The lowest BCUT2D eigenvalue weighted by Gasteiger charge is -2.21. The summed E-state index contributed by atoms with van der Waals surface area (Å²) in [7, 11) is -9.91. The van der Waals surface area contributed by atoms with Gasteiger partial charge in [-0.05, 0) is 43.4 Å². The normalized spacial score (nSPS) is 14.0. The summed E-state index contributed by atoms with van der Waals surface area (Å²) in [4.78, 5) is 72.9. The first-order valence-corrected chi connectivity index (χ1v) is 43.3. The molecule has 576 valence electrons. The molecule has 0 aliphatic rings. The highest BCUT2D eigenvalue weighted by Gasteiger charge is 2.30. The Labute approximate surface area is 594 Å². The fourth-order valence-corrected chi connectivity index (χ4v) is 13.5. The van der Waals surface area contributed by atoms with Crippen molar-refractivity contribution in [1.82, 2.24) is 0 Å². The van der Waals surface area contributed by atoms with Crippen LogP contribution in [0, 0.1) is 17.8 Å². The molecule has 5 atom stereocenters. The van der Waals surface area contributed by atoms with Gasteiger partial charge in [-0.15, -0.1) is 0 Å². The minimum Gasteiger partial charge on any atom is -0.462 e. The van der Waals surface area contributed by atoms with Gasteiger partial charge < -0.3 is 33.8 Å². The molecule has 0 spiro atoms. The molecule has 0 rings (SSSR count). The molecule has 3 N–H and O–H groups in total. The largest absolute Gasteiger partial charge is 0.472 e. The number of phosphoric acid groups is 2. The van der Waals surface area contributed by atoms with E-state index in [-0.39, 0.29) is 25.7 Å². The van der Waals surface area contributed by atoms with Gasteiger partial charge in [-0.1, -0.05) is 350 Å². The van der Waals surface area contributed by atoms with E-state index < -0.39 is 97.5 Å². The van der Waals surface area contributed by atoms with Crippen molar-refractivity contribution < 1.29 is 80.2 Å². The van der Waals surface area contributed by atoms with E-state index in [1.165, 1.54) is 205 Å². The second-order valence-electron chi connectivity index (χ2n) is 29.5. The van der Waals surface area contributed by atoms with Crippen LogP contribution >= 0.6 is 15.6 Å². The number of phosphoric ester groups is 2. The van der Waals surface area contributed by atoms with Crippen LogP contribution in [0.5, 0.6) is 0 Å². The molecule has 0 aromatic rings. The Morgan fingerprint density at radius 2 is 0.474 bits per heavy atom. The van der Waals surface area contributed by atoms with Crippen LogP contribution in [0.15, 0.2) is 0 Å². The standard InChI is InChI=1S/C78H152O17P2/c1-8-9-10-11-12-13-14-15-16-17-18-19-20-21-22-23-24-32-39-47-54-61-77(82)94-73(65-88-75(80)59-52-45-38-31-27-25-29-35-42-49-56-69(2)3)67-92-96(84,85)90-63-72(79)64-91-97(86,87)93-68-74(66-89-76(81)60-53-46-41-34-37-44-51-58-71(6)7)95-78(83)62-55-48-40-33-28-26-30-36-43-50-57-70(4)5/h69-74,79H,8-68H2,1-7H3,(H,84,85)(H,86,87)/t72-,73-,74-/m1/s1. The van der Waals surface area contributed by atoms with Gasteiger partial charge in [0.25, 0.3) is 0 Å². The SMILES string of the molecule is CCCCCCCCCCCCCCCCCCCCCCCC(=O)O[C@H](COC(=O)CCCCCCCCCCCCC(C)C)COP(=O)(O)OC[C@@H](O)COP(=O)(O)OC[C@@H](COC(=O)CCCCCCCCCC(C)C)OC(=O)CCCCCCCCCCCCC(C)C. The molecule has 0 heterocycles. The Hall–Kier alpha value is -1.94. The summed E-state index contributed by atoms with van der Waals surface area (Å²) in [5.74, 6) is 0.0974. The van der Waals surface area contributed by atoms with Gasteiger partial charge in [-0.2, -0.15) is 0 Å². The fourth-order valence-electron chi connectivity index (χ4n) is 12.0. The van der Waals surface area contributed by atoms with E-state index in [1.807, 2.05) is 0 Å². The second kappa shape index (κ2) is 68.5. The van der Waals surface area contributed by atoms with Crippen LogP contribution < -0.4 is 0 Å². The van der Waals surface area contributed by atoms with Gasteiger partial charge in [-0.3, -0.25) is 37.3 Å². The Morgan fingerprint density at radius 1 is 0.278 bits per heavy atom. The summed E-state index contributed by atoms with van der Waals surface area (Å²) in [6, 6.07) is 0. The topological polar surface area (TPSA) is 237 Å². The number of carbonyl (C=O) groups excluding carboxylic acids is 4. The molecule has 17 nitrogen and oxygen atoms in total. The van der Waals surface area contributed by atoms with E-state index in [1.54, 1.807) is 0 Å². The zero-order valence-corrected chi connectivity index (χ0v) is 65.3. The van der Waals surface area contributed by atoms with Crippen molar-refractivity contribution in [2.24, 2.45) is 17.8 Å². The molecule has 97 heavy (non-hydrogen) atoms. The predicted molar refractivity (Wildman–Crippen MR) is 395 cm³/mol. The van der Waals surface area contributed by atoms with Crippen molar-refractivity contribution in [2.75, 3.05) is 39.6 Å². The molecule has 0 aromatic heterocycles. The van der Waals surface area contributed by atoms with Crippen molar-refractivity contribution in [3.8, 4) is 0 Å². The minimum absolute atomic E-state index is 0.105. The maximum Gasteiger partial charge on any atom is 0.472 e. The zero-order chi connectivity index (χ0) is 71.6. The molecule has 0 aliphatic carbocycles. The van der Waals surface area contributed by atoms with Crippen LogP contribution in [0.2, 0.25) is 0 Å². The molecule has 0 aliphatic heterocycles. The molecule has 0 bridgehead atoms. The number of aliphatic hydroxyl groups excluding tert-OH is 1. The van der Waals surface area contributed by atoms with Gasteiger partial charge in [0.15, 0.2) is 12.2 Å². The average Bonchev–Trinajstić information content (AvgIpc) is 2.45. The summed E-state index contributed by atoms with van der Waals surface area (Å²) in [6.45, 7) is 11.8. The number of hydrogen-bond acceptors (Lipinski definition) is 15. The number of unbranched alkanes of at least 4 members (excludes halogenated alkanes) is 44. The van der Waals surface area contributed by atoms with Crippen LogP contribution in [0.25, 0.3) is 0 Å². The van der Waals surface area contributed by atoms with Gasteiger partial charge in [0.1, 0.15) is 19.3 Å². The molecule has 2 unspecified atom stereocenters. The third-order valence-corrected chi connectivity index (χ3v) is 20.0. The second-order valence-corrected chi connectivity index (χ2v) is 32.4. The van der Waals surface area contributed by atoms with Crippen LogP contribution in [0.1, 0.15) is 402 Å². The van der Waals surface area contributed by atoms with Crippen LogP contribution in [-0.4, -0.2) is 96.7 Å². The summed E-state index contributed by atoms with van der Waals surface area (Å²) < 4.78 is 68.6. The lowest BCUT2D eigenvalue weighted by atomic mass is 10.0. The maximum absolute atomic E-state index is 13.1. The summed E-state index contributed by atoms with van der Waals surface area (Å²) in [5, 5.41) is 10.6. The minimum atomic E-state index is -4.96. The summed E-state index contributed by atoms with van der Waals surface area (Å²) in [5.41, 5.74) is 0. The molecular weight excluding hydrogens is 1270 g/mol. The van der Waals surface area contributed by atoms with E-state index in [4.69, 9.17) is 37.0 Å². The van der Waals surface area contributed by atoms with Gasteiger partial charge in [0.05, 0.1) is 26.4 Å². The monoisotopic (exact) mass is 1420 g/mol. The Balaban J connectivity index is 5.21.